The van der Waals surface area contributed by atoms with E-state index in [2.05, 4.69) is 23.9 Å². The lowest BCUT2D eigenvalue weighted by Gasteiger charge is -2.26. The molecule has 3 nitrogen and oxygen atoms in total. The molecule has 3 heteroatoms. The minimum Gasteiger partial charge on any atom is -0.396 e. The van der Waals surface area contributed by atoms with Gasteiger partial charge in [0.05, 0.1) is 0 Å². The van der Waals surface area contributed by atoms with E-state index in [1.807, 2.05) is 0 Å². The van der Waals surface area contributed by atoms with Crippen molar-refractivity contribution in [1.29, 1.82) is 0 Å². The van der Waals surface area contributed by atoms with Gasteiger partial charge >= 0.3 is 0 Å². The van der Waals surface area contributed by atoms with E-state index in [0.717, 1.165) is 19.5 Å². The fourth-order valence-corrected chi connectivity index (χ4v) is 1.82. The first-order valence-corrected chi connectivity index (χ1v) is 4.73. The van der Waals surface area contributed by atoms with Gasteiger partial charge in [0.1, 0.15) is 0 Å². The van der Waals surface area contributed by atoms with E-state index < -0.39 is 0 Å². The molecule has 0 aromatic heterocycles. The van der Waals surface area contributed by atoms with Crippen molar-refractivity contribution in [3.05, 3.63) is 0 Å². The van der Waals surface area contributed by atoms with Crippen molar-refractivity contribution in [2.24, 2.45) is 0 Å². The van der Waals surface area contributed by atoms with Crippen LogP contribution in [-0.4, -0.2) is 61.3 Å². The van der Waals surface area contributed by atoms with Crippen LogP contribution in [-0.2, 0) is 0 Å². The molecule has 1 N–H and O–H groups in total. The lowest BCUT2D eigenvalue weighted by atomic mass is 10.2. The standard InChI is InChI=1S/C9H20N2O/c1-10-5-3-6-11(2)9(8-10)4-7-12/h9,12H,3-8H2,1-2H3. The third-order valence-electron chi connectivity index (χ3n) is 2.66. The maximum Gasteiger partial charge on any atom is 0.0446 e. The number of nitrogens with zero attached hydrogens (tertiary/aromatic N) is 2. The van der Waals surface area contributed by atoms with Crippen LogP contribution in [0.15, 0.2) is 0 Å². The summed E-state index contributed by atoms with van der Waals surface area (Å²) in [5.41, 5.74) is 0. The Morgan fingerprint density at radius 3 is 2.75 bits per heavy atom. The van der Waals surface area contributed by atoms with E-state index in [-0.39, 0.29) is 0 Å². The molecule has 0 saturated carbocycles. The van der Waals surface area contributed by atoms with Crippen LogP contribution in [0.25, 0.3) is 0 Å². The molecule has 1 atom stereocenters. The molecule has 0 aromatic rings. The van der Waals surface area contributed by atoms with Gasteiger partial charge in [-0.05, 0) is 40.0 Å². The molecule has 1 unspecified atom stereocenters. The van der Waals surface area contributed by atoms with Gasteiger partial charge in [0, 0.05) is 19.2 Å². The minimum absolute atomic E-state index is 0.308. The largest absolute Gasteiger partial charge is 0.396 e. The van der Waals surface area contributed by atoms with Gasteiger partial charge in [0.15, 0.2) is 0 Å². The zero-order chi connectivity index (χ0) is 8.97. The third-order valence-corrected chi connectivity index (χ3v) is 2.66. The van der Waals surface area contributed by atoms with Crippen LogP contribution in [0, 0.1) is 0 Å². The molecule has 0 aliphatic carbocycles. The highest BCUT2D eigenvalue weighted by atomic mass is 16.3. The molecular formula is C9H20N2O. The average Bonchev–Trinajstić information content (AvgIpc) is 2.16. The highest BCUT2D eigenvalue weighted by molar-refractivity contribution is 4.75. The van der Waals surface area contributed by atoms with Crippen LogP contribution >= 0.6 is 0 Å². The molecule has 1 saturated heterocycles. The van der Waals surface area contributed by atoms with E-state index in [1.54, 1.807) is 0 Å². The highest BCUT2D eigenvalue weighted by Crippen LogP contribution is 2.08. The molecule has 0 spiro atoms. The van der Waals surface area contributed by atoms with Gasteiger partial charge in [-0.25, -0.2) is 0 Å². The summed E-state index contributed by atoms with van der Waals surface area (Å²) in [5.74, 6) is 0. The second-order valence-corrected chi connectivity index (χ2v) is 3.76. The Labute approximate surface area is 75.0 Å². The van der Waals surface area contributed by atoms with E-state index >= 15 is 0 Å². The Morgan fingerprint density at radius 2 is 2.08 bits per heavy atom. The molecule has 0 radical (unpaired) electrons. The van der Waals surface area contributed by atoms with Crippen LogP contribution in [0.3, 0.4) is 0 Å². The van der Waals surface area contributed by atoms with Crippen molar-refractivity contribution in [2.45, 2.75) is 18.9 Å². The first-order valence-electron chi connectivity index (χ1n) is 4.73. The van der Waals surface area contributed by atoms with Crippen LogP contribution in [0.5, 0.6) is 0 Å². The smallest absolute Gasteiger partial charge is 0.0446 e. The van der Waals surface area contributed by atoms with Crippen LogP contribution < -0.4 is 0 Å². The number of hydrogen-bond donors (Lipinski definition) is 1. The first-order chi connectivity index (χ1) is 5.74. The summed E-state index contributed by atoms with van der Waals surface area (Å²) in [6, 6.07) is 0.544. The second-order valence-electron chi connectivity index (χ2n) is 3.76. The second kappa shape index (κ2) is 4.80. The minimum atomic E-state index is 0.308. The Hall–Kier alpha value is -0.120. The molecule has 0 aromatic carbocycles. The Bertz CT molecular complexity index is 130. The summed E-state index contributed by atoms with van der Waals surface area (Å²) in [6.07, 6.45) is 2.15. The van der Waals surface area contributed by atoms with Gasteiger partial charge in [0.25, 0.3) is 0 Å². The fraction of sp³-hybridized carbons (Fsp3) is 1.00. The summed E-state index contributed by atoms with van der Waals surface area (Å²) in [7, 11) is 4.31. The summed E-state index contributed by atoms with van der Waals surface area (Å²) < 4.78 is 0. The van der Waals surface area contributed by atoms with Gasteiger partial charge in [-0.2, -0.15) is 0 Å². The molecule has 1 aliphatic heterocycles. The van der Waals surface area contributed by atoms with E-state index in [4.69, 9.17) is 5.11 Å². The van der Waals surface area contributed by atoms with E-state index in [9.17, 15) is 0 Å². The SMILES string of the molecule is CN1CCCN(C)C(CCO)C1. The highest BCUT2D eigenvalue weighted by Gasteiger charge is 2.19. The number of rotatable bonds is 2. The Balaban J connectivity index is 2.42. The summed E-state index contributed by atoms with van der Waals surface area (Å²) >= 11 is 0. The number of hydrogen-bond acceptors (Lipinski definition) is 3. The maximum atomic E-state index is 8.87. The summed E-state index contributed by atoms with van der Waals surface area (Å²) in [6.45, 7) is 3.75. The fourth-order valence-electron chi connectivity index (χ4n) is 1.82. The number of aliphatic hydroxyl groups is 1. The van der Waals surface area contributed by atoms with Crippen LogP contribution in [0.4, 0.5) is 0 Å². The molecule has 12 heavy (non-hydrogen) atoms. The van der Waals surface area contributed by atoms with Gasteiger partial charge in [-0.1, -0.05) is 0 Å². The van der Waals surface area contributed by atoms with Gasteiger partial charge < -0.3 is 14.9 Å². The molecule has 0 amide bonds. The molecule has 1 heterocycles. The number of likely N-dealkylation sites (N-methyl/N-ethyl adjacent to an activating group) is 2. The zero-order valence-electron chi connectivity index (χ0n) is 8.16. The zero-order valence-corrected chi connectivity index (χ0v) is 8.16. The normalized spacial score (nSPS) is 28.8. The Morgan fingerprint density at radius 1 is 1.33 bits per heavy atom. The van der Waals surface area contributed by atoms with Gasteiger partial charge in [-0.3, -0.25) is 0 Å². The summed E-state index contributed by atoms with van der Waals surface area (Å²) in [4.78, 5) is 4.71. The van der Waals surface area contributed by atoms with E-state index in [0.29, 0.717) is 12.6 Å². The molecule has 72 valence electrons. The molecule has 0 bridgehead atoms. The molecule has 1 aliphatic rings. The maximum absolute atomic E-state index is 8.87. The Kier molecular flexibility index (Phi) is 3.98. The quantitative estimate of drug-likeness (QED) is 0.635. The summed E-state index contributed by atoms with van der Waals surface area (Å²) in [5, 5.41) is 8.87. The monoisotopic (exact) mass is 172 g/mol. The topological polar surface area (TPSA) is 26.7 Å². The predicted octanol–water partition coefficient (Wildman–Crippen LogP) is 0.00470. The van der Waals surface area contributed by atoms with Gasteiger partial charge in [0.2, 0.25) is 0 Å². The lowest BCUT2D eigenvalue weighted by Crippen LogP contribution is -2.38. The molecule has 1 fully saturated rings. The van der Waals surface area contributed by atoms with Crippen LogP contribution in [0.2, 0.25) is 0 Å². The van der Waals surface area contributed by atoms with Gasteiger partial charge in [-0.15, -0.1) is 0 Å². The molecule has 1 rings (SSSR count). The third kappa shape index (κ3) is 2.73. The first kappa shape index (κ1) is 9.96. The molecular weight excluding hydrogens is 152 g/mol. The van der Waals surface area contributed by atoms with Crippen molar-refractivity contribution in [2.75, 3.05) is 40.3 Å². The average molecular weight is 172 g/mol. The van der Waals surface area contributed by atoms with Crippen molar-refractivity contribution in [3.63, 3.8) is 0 Å². The number of aliphatic hydroxyl groups excluding tert-OH is 1. The predicted molar refractivity (Wildman–Crippen MR) is 50.2 cm³/mol. The lowest BCUT2D eigenvalue weighted by molar-refractivity contribution is 0.175. The van der Waals surface area contributed by atoms with Crippen molar-refractivity contribution in [1.82, 2.24) is 9.80 Å². The van der Waals surface area contributed by atoms with E-state index in [1.165, 1.54) is 13.0 Å². The van der Waals surface area contributed by atoms with Crippen molar-refractivity contribution < 1.29 is 5.11 Å². The van der Waals surface area contributed by atoms with Crippen molar-refractivity contribution >= 4 is 0 Å². The van der Waals surface area contributed by atoms with Crippen molar-refractivity contribution in [3.8, 4) is 0 Å². The van der Waals surface area contributed by atoms with Crippen LogP contribution in [0.1, 0.15) is 12.8 Å².